The molecule has 3 aromatic carbocycles. The molecule has 1 saturated carbocycles. The van der Waals surface area contributed by atoms with E-state index in [0.29, 0.717) is 6.54 Å². The lowest BCUT2D eigenvalue weighted by Gasteiger charge is -2.43. The Bertz CT molecular complexity index is 1320. The second-order valence-electron chi connectivity index (χ2n) is 11.3. The number of hydrogen-bond donors (Lipinski definition) is 1. The fourth-order valence-electron chi connectivity index (χ4n) is 6.46. The van der Waals surface area contributed by atoms with E-state index in [1.807, 2.05) is 49.5 Å². The molecule has 1 N–H and O–H groups in total. The van der Waals surface area contributed by atoms with Gasteiger partial charge in [0.1, 0.15) is 11.6 Å². The van der Waals surface area contributed by atoms with E-state index in [0.717, 1.165) is 61.3 Å². The normalized spacial score (nSPS) is 21.9. The van der Waals surface area contributed by atoms with E-state index in [1.54, 1.807) is 31.1 Å². The van der Waals surface area contributed by atoms with Crippen molar-refractivity contribution in [2.45, 2.75) is 43.7 Å². The number of benzene rings is 3. The van der Waals surface area contributed by atoms with Crippen LogP contribution >= 0.6 is 0 Å². The van der Waals surface area contributed by atoms with Gasteiger partial charge in [0, 0.05) is 40.2 Å². The maximum Gasteiger partial charge on any atom is 0.233 e. The number of halogens is 1. The summed E-state index contributed by atoms with van der Waals surface area (Å²) < 4.78 is 18.8. The van der Waals surface area contributed by atoms with Gasteiger partial charge in [-0.3, -0.25) is 9.59 Å². The highest BCUT2D eigenvalue weighted by molar-refractivity contribution is 5.92. The number of likely N-dealkylation sites (N-methyl/N-ethyl adjacent to an activating group) is 1. The van der Waals surface area contributed by atoms with Crippen LogP contribution in [0.4, 0.5) is 4.39 Å². The van der Waals surface area contributed by atoms with E-state index >= 15 is 0 Å². The molecule has 7 heteroatoms. The Morgan fingerprint density at radius 2 is 1.62 bits per heavy atom. The van der Waals surface area contributed by atoms with E-state index in [9.17, 15) is 14.0 Å². The van der Waals surface area contributed by atoms with Crippen LogP contribution in [-0.2, 0) is 27.1 Å². The Morgan fingerprint density at radius 3 is 2.23 bits per heavy atom. The molecule has 0 unspecified atom stereocenters. The largest absolute Gasteiger partial charge is 0.497 e. The van der Waals surface area contributed by atoms with Crippen molar-refractivity contribution >= 4 is 11.8 Å². The smallest absolute Gasteiger partial charge is 0.233 e. The monoisotopic (exact) mass is 543 g/mol. The van der Waals surface area contributed by atoms with Gasteiger partial charge in [0.05, 0.1) is 18.1 Å². The Labute approximate surface area is 236 Å². The summed E-state index contributed by atoms with van der Waals surface area (Å²) in [7, 11) is 3.47. The second kappa shape index (κ2) is 11.4. The van der Waals surface area contributed by atoms with Crippen LogP contribution in [0.3, 0.4) is 0 Å². The van der Waals surface area contributed by atoms with Crippen molar-refractivity contribution in [3.63, 3.8) is 0 Å². The summed E-state index contributed by atoms with van der Waals surface area (Å²) in [6, 6.07) is 24.4. The van der Waals surface area contributed by atoms with Gasteiger partial charge in [0.25, 0.3) is 0 Å². The number of rotatable bonds is 9. The van der Waals surface area contributed by atoms with Crippen LogP contribution in [0.25, 0.3) is 0 Å². The van der Waals surface area contributed by atoms with Crippen LogP contribution in [-0.4, -0.2) is 55.4 Å². The molecule has 1 aliphatic carbocycles. The average Bonchev–Trinajstić information content (AvgIpc) is 3.69. The molecule has 2 aliphatic rings. The number of amides is 2. The first kappa shape index (κ1) is 27.8. The first-order valence-electron chi connectivity index (χ1n) is 14.0. The van der Waals surface area contributed by atoms with E-state index in [2.05, 4.69) is 22.3 Å². The lowest BCUT2D eigenvalue weighted by molar-refractivity contribution is -0.133. The summed E-state index contributed by atoms with van der Waals surface area (Å²) in [4.78, 5) is 30.4. The van der Waals surface area contributed by atoms with E-state index in [4.69, 9.17) is 4.74 Å². The highest BCUT2D eigenvalue weighted by atomic mass is 19.1. The minimum absolute atomic E-state index is 0.0205. The van der Waals surface area contributed by atoms with Gasteiger partial charge >= 0.3 is 0 Å². The van der Waals surface area contributed by atoms with Crippen LogP contribution in [0.15, 0.2) is 78.9 Å². The first-order valence-corrected chi connectivity index (χ1v) is 14.0. The van der Waals surface area contributed by atoms with Gasteiger partial charge in [-0.25, -0.2) is 4.39 Å². The van der Waals surface area contributed by atoms with Crippen molar-refractivity contribution in [1.82, 2.24) is 15.1 Å². The summed E-state index contributed by atoms with van der Waals surface area (Å²) in [5.41, 5.74) is 2.06. The quantitative estimate of drug-likeness (QED) is 0.418. The van der Waals surface area contributed by atoms with Crippen molar-refractivity contribution in [1.29, 1.82) is 0 Å². The van der Waals surface area contributed by atoms with Crippen molar-refractivity contribution in [2.75, 3.05) is 33.8 Å². The number of likely N-dealkylation sites (tertiary alicyclic amines) is 1. The zero-order chi connectivity index (χ0) is 28.3. The van der Waals surface area contributed by atoms with Gasteiger partial charge in [-0.1, -0.05) is 54.6 Å². The Hall–Kier alpha value is -3.71. The topological polar surface area (TPSA) is 61.9 Å². The van der Waals surface area contributed by atoms with Crippen molar-refractivity contribution in [3.05, 3.63) is 101 Å². The summed E-state index contributed by atoms with van der Waals surface area (Å²) >= 11 is 0. The molecule has 0 radical (unpaired) electrons. The fourth-order valence-corrected chi connectivity index (χ4v) is 6.46. The summed E-state index contributed by atoms with van der Waals surface area (Å²) in [5, 5.41) is 3.25. The lowest BCUT2D eigenvalue weighted by atomic mass is 9.80. The molecule has 1 aliphatic heterocycles. The molecular formula is C33H38FN3O3. The molecule has 2 atom stereocenters. The maximum atomic E-state index is 14.1. The molecule has 1 saturated heterocycles. The first-order chi connectivity index (χ1) is 19.3. The molecule has 0 spiro atoms. The molecule has 2 fully saturated rings. The number of nitrogens with zero attached hydrogens (tertiary/aromatic N) is 2. The molecule has 5 rings (SSSR count). The molecule has 3 aromatic rings. The molecule has 210 valence electrons. The maximum absolute atomic E-state index is 14.1. The molecule has 40 heavy (non-hydrogen) atoms. The highest BCUT2D eigenvalue weighted by Gasteiger charge is 2.62. The van der Waals surface area contributed by atoms with Crippen LogP contribution in [0.1, 0.15) is 42.9 Å². The van der Waals surface area contributed by atoms with Gasteiger partial charge in [-0.15, -0.1) is 0 Å². The van der Waals surface area contributed by atoms with Crippen LogP contribution in [0.5, 0.6) is 5.75 Å². The number of hydrogen-bond acceptors (Lipinski definition) is 4. The van der Waals surface area contributed by atoms with Crippen LogP contribution in [0.2, 0.25) is 0 Å². The number of piperidine rings is 1. The van der Waals surface area contributed by atoms with Gasteiger partial charge in [-0.2, -0.15) is 0 Å². The zero-order valence-corrected chi connectivity index (χ0v) is 23.5. The predicted molar refractivity (Wildman–Crippen MR) is 153 cm³/mol. The molecule has 0 aromatic heterocycles. The van der Waals surface area contributed by atoms with E-state index in [1.165, 1.54) is 12.1 Å². The number of carbonyl (C=O) groups is 2. The zero-order valence-electron chi connectivity index (χ0n) is 23.5. The number of nitrogens with one attached hydrogen (secondary N) is 1. The SMILES string of the molecule is COc1ccc([C@]2(C(=O)N(C)Cc3ccc(F)cc3)C[C@H]2CN2CCC(NC(C)=O)(c3ccccc3)CC2)cc1. The number of carbonyl (C=O) groups excluding carboxylic acids is 2. The van der Waals surface area contributed by atoms with Gasteiger partial charge in [0.2, 0.25) is 11.8 Å². The van der Waals surface area contributed by atoms with Crippen molar-refractivity contribution in [2.24, 2.45) is 5.92 Å². The molecule has 0 bridgehead atoms. The summed E-state index contributed by atoms with van der Waals surface area (Å²) in [6.45, 7) is 4.49. The second-order valence-corrected chi connectivity index (χ2v) is 11.3. The Morgan fingerprint density at radius 1 is 0.975 bits per heavy atom. The van der Waals surface area contributed by atoms with Gasteiger partial charge in [0.15, 0.2) is 0 Å². The Balaban J connectivity index is 1.32. The predicted octanol–water partition coefficient (Wildman–Crippen LogP) is 4.88. The minimum Gasteiger partial charge on any atom is -0.497 e. The third kappa shape index (κ3) is 5.61. The minimum atomic E-state index is -0.605. The lowest BCUT2D eigenvalue weighted by Crippen LogP contribution is -2.53. The van der Waals surface area contributed by atoms with Crippen molar-refractivity contribution < 1.29 is 18.7 Å². The van der Waals surface area contributed by atoms with Crippen LogP contribution in [0, 0.1) is 11.7 Å². The molecule has 1 heterocycles. The molecule has 2 amide bonds. The standard InChI is InChI=1S/C33H38FN3O3/c1-24(38)35-32(26-7-5-4-6-8-26)17-19-37(20-18-32)23-28-21-33(28,27-11-15-30(40-3)16-12-27)31(39)36(2)22-25-9-13-29(34)14-10-25/h4-16,28H,17-23H2,1-3H3,(H,35,38)/t28-,33+/m0/s1. The van der Waals surface area contributed by atoms with Gasteiger partial charge in [-0.05, 0) is 66.1 Å². The summed E-state index contributed by atoms with van der Waals surface area (Å²) in [5.74, 6) is 0.711. The summed E-state index contributed by atoms with van der Waals surface area (Å²) in [6.07, 6.45) is 2.41. The number of ether oxygens (including phenoxy) is 1. The van der Waals surface area contributed by atoms with Crippen LogP contribution < -0.4 is 10.1 Å². The van der Waals surface area contributed by atoms with E-state index < -0.39 is 5.41 Å². The third-order valence-corrected chi connectivity index (χ3v) is 8.70. The van der Waals surface area contributed by atoms with E-state index in [-0.39, 0.29) is 29.1 Å². The molecular weight excluding hydrogens is 505 g/mol. The van der Waals surface area contributed by atoms with Crippen molar-refractivity contribution in [3.8, 4) is 5.75 Å². The average molecular weight is 544 g/mol. The Kier molecular flexibility index (Phi) is 7.95. The fraction of sp³-hybridized carbons (Fsp3) is 0.394. The third-order valence-electron chi connectivity index (χ3n) is 8.70. The number of methoxy groups -OCH3 is 1. The van der Waals surface area contributed by atoms with Gasteiger partial charge < -0.3 is 19.9 Å². The molecule has 6 nitrogen and oxygen atoms in total. The highest BCUT2D eigenvalue weighted by Crippen LogP contribution is 2.56.